The average molecular weight is 325 g/mol. The second-order valence-electron chi connectivity index (χ2n) is 5.50. The maximum Gasteiger partial charge on any atom is 0.313 e. The second-order valence-corrected chi connectivity index (χ2v) is 6.61. The molecular weight excluding hydrogens is 305 g/mol. The molecular formula is C16H20FNO3S. The van der Waals surface area contributed by atoms with Crippen molar-refractivity contribution in [1.29, 1.82) is 0 Å². The number of carbonyl (C=O) groups is 2. The molecule has 6 heteroatoms. The number of hydrogen-bond donors (Lipinski definition) is 2. The molecule has 0 atom stereocenters. The third-order valence-corrected chi connectivity index (χ3v) is 4.97. The van der Waals surface area contributed by atoms with E-state index in [0.717, 1.165) is 31.2 Å². The molecule has 0 aromatic heterocycles. The predicted octanol–water partition coefficient (Wildman–Crippen LogP) is 2.57. The first-order valence-corrected chi connectivity index (χ1v) is 8.54. The minimum atomic E-state index is -0.858. The Balaban J connectivity index is 1.98. The maximum atomic E-state index is 13.5. The van der Waals surface area contributed by atoms with Crippen molar-refractivity contribution in [3.63, 3.8) is 0 Å². The number of hydrogen-bond acceptors (Lipinski definition) is 3. The second kappa shape index (κ2) is 7.63. The van der Waals surface area contributed by atoms with Crippen LogP contribution >= 0.6 is 11.8 Å². The lowest BCUT2D eigenvalue weighted by Crippen LogP contribution is -2.43. The number of halogens is 1. The van der Waals surface area contributed by atoms with Crippen LogP contribution in [0.3, 0.4) is 0 Å². The quantitative estimate of drug-likeness (QED) is 0.756. The van der Waals surface area contributed by atoms with E-state index in [9.17, 15) is 14.0 Å². The molecule has 1 aliphatic carbocycles. The number of thioether (sulfide) groups is 1. The van der Waals surface area contributed by atoms with Crippen LogP contribution in [0.1, 0.15) is 31.2 Å². The van der Waals surface area contributed by atoms with Gasteiger partial charge in [-0.2, -0.15) is 0 Å². The molecule has 0 saturated heterocycles. The minimum Gasteiger partial charge on any atom is -0.481 e. The Morgan fingerprint density at radius 3 is 2.68 bits per heavy atom. The van der Waals surface area contributed by atoms with Crippen LogP contribution in [-0.2, 0) is 15.0 Å². The van der Waals surface area contributed by atoms with Gasteiger partial charge in [0, 0.05) is 12.3 Å². The van der Waals surface area contributed by atoms with Gasteiger partial charge in [0.1, 0.15) is 5.82 Å². The molecule has 1 aromatic carbocycles. The Morgan fingerprint density at radius 2 is 2.05 bits per heavy atom. The fourth-order valence-electron chi connectivity index (χ4n) is 2.98. The van der Waals surface area contributed by atoms with Gasteiger partial charge in [-0.25, -0.2) is 4.39 Å². The summed E-state index contributed by atoms with van der Waals surface area (Å²) in [5.74, 6) is -0.675. The van der Waals surface area contributed by atoms with Gasteiger partial charge in [-0.3, -0.25) is 9.59 Å². The molecule has 0 radical (unpaired) electrons. The summed E-state index contributed by atoms with van der Waals surface area (Å²) in [6.45, 7) is 0.424. The Morgan fingerprint density at radius 1 is 1.32 bits per heavy atom. The summed E-state index contributed by atoms with van der Waals surface area (Å²) < 4.78 is 13.5. The molecule has 22 heavy (non-hydrogen) atoms. The van der Waals surface area contributed by atoms with E-state index < -0.39 is 11.4 Å². The van der Waals surface area contributed by atoms with Crippen LogP contribution in [-0.4, -0.2) is 35.0 Å². The van der Waals surface area contributed by atoms with E-state index in [2.05, 4.69) is 5.32 Å². The largest absolute Gasteiger partial charge is 0.481 e. The number of carboxylic acid groups (broad SMARTS) is 1. The molecule has 1 aromatic rings. The average Bonchev–Trinajstić information content (AvgIpc) is 2.97. The summed E-state index contributed by atoms with van der Waals surface area (Å²) in [5.41, 5.74) is 0.0974. The molecule has 1 saturated carbocycles. The highest BCUT2D eigenvalue weighted by Gasteiger charge is 2.42. The van der Waals surface area contributed by atoms with Gasteiger partial charge in [0.2, 0.25) is 5.91 Å². The van der Waals surface area contributed by atoms with E-state index in [4.69, 9.17) is 5.11 Å². The van der Waals surface area contributed by atoms with Gasteiger partial charge < -0.3 is 10.4 Å². The van der Waals surface area contributed by atoms with E-state index in [1.807, 2.05) is 6.07 Å². The van der Waals surface area contributed by atoms with Crippen molar-refractivity contribution in [3.8, 4) is 0 Å². The highest BCUT2D eigenvalue weighted by Crippen LogP contribution is 2.41. The first kappa shape index (κ1) is 16.8. The lowest BCUT2D eigenvalue weighted by molar-refractivity contribution is -0.134. The van der Waals surface area contributed by atoms with Crippen molar-refractivity contribution in [2.75, 3.05) is 18.1 Å². The number of nitrogens with one attached hydrogen (secondary N) is 1. The monoisotopic (exact) mass is 325 g/mol. The normalized spacial score (nSPS) is 16.4. The number of aliphatic carboxylic acids is 1. The van der Waals surface area contributed by atoms with Gasteiger partial charge in [0.25, 0.3) is 0 Å². The molecule has 1 aliphatic rings. The Hall–Kier alpha value is -1.56. The fourth-order valence-corrected chi connectivity index (χ4v) is 3.54. The van der Waals surface area contributed by atoms with Crippen molar-refractivity contribution in [1.82, 2.24) is 5.32 Å². The summed E-state index contributed by atoms with van der Waals surface area (Å²) >= 11 is 1.27. The van der Waals surface area contributed by atoms with Crippen molar-refractivity contribution < 1.29 is 19.1 Å². The van der Waals surface area contributed by atoms with Gasteiger partial charge >= 0.3 is 5.97 Å². The molecule has 4 nitrogen and oxygen atoms in total. The SMILES string of the molecule is O=C(O)CSCCNC(=O)C1(c2cccc(F)c2)CCCC1. The highest BCUT2D eigenvalue weighted by molar-refractivity contribution is 7.99. The summed E-state index contributed by atoms with van der Waals surface area (Å²) in [6.07, 6.45) is 3.37. The number of amides is 1. The summed E-state index contributed by atoms with van der Waals surface area (Å²) in [7, 11) is 0. The highest BCUT2D eigenvalue weighted by atomic mass is 32.2. The molecule has 2 N–H and O–H groups in total. The van der Waals surface area contributed by atoms with E-state index in [-0.39, 0.29) is 17.5 Å². The Labute approximate surface area is 133 Å². The van der Waals surface area contributed by atoms with Crippen LogP contribution in [0.2, 0.25) is 0 Å². The molecule has 0 unspecified atom stereocenters. The Bertz CT molecular complexity index is 544. The van der Waals surface area contributed by atoms with E-state index in [0.29, 0.717) is 12.3 Å². The summed E-state index contributed by atoms with van der Waals surface area (Å²) in [6, 6.07) is 6.28. The molecule has 1 amide bonds. The maximum absolute atomic E-state index is 13.5. The molecule has 1 fully saturated rings. The van der Waals surface area contributed by atoms with Crippen LogP contribution in [0.25, 0.3) is 0 Å². The van der Waals surface area contributed by atoms with Crippen molar-refractivity contribution in [3.05, 3.63) is 35.6 Å². The van der Waals surface area contributed by atoms with Gasteiger partial charge in [-0.15, -0.1) is 11.8 Å². The van der Waals surface area contributed by atoms with E-state index >= 15 is 0 Å². The van der Waals surface area contributed by atoms with Gasteiger partial charge in [0.15, 0.2) is 0 Å². The van der Waals surface area contributed by atoms with Crippen LogP contribution < -0.4 is 5.32 Å². The molecule has 0 spiro atoms. The van der Waals surface area contributed by atoms with Crippen LogP contribution in [0.4, 0.5) is 4.39 Å². The third-order valence-electron chi connectivity index (χ3n) is 4.03. The lowest BCUT2D eigenvalue weighted by Gasteiger charge is -2.28. The number of benzene rings is 1. The van der Waals surface area contributed by atoms with Crippen molar-refractivity contribution >= 4 is 23.6 Å². The molecule has 0 bridgehead atoms. The molecule has 2 rings (SSSR count). The third kappa shape index (κ3) is 4.00. The standard InChI is InChI=1S/C16H20FNO3S/c17-13-5-3-4-12(10-13)16(6-1-2-7-16)15(21)18-8-9-22-11-14(19)20/h3-5,10H,1-2,6-9,11H2,(H,18,21)(H,19,20). The smallest absolute Gasteiger partial charge is 0.313 e. The minimum absolute atomic E-state index is 0.0326. The topological polar surface area (TPSA) is 66.4 Å². The Kier molecular flexibility index (Phi) is 5.83. The first-order valence-electron chi connectivity index (χ1n) is 7.38. The first-order chi connectivity index (χ1) is 10.5. The van der Waals surface area contributed by atoms with Crippen molar-refractivity contribution in [2.24, 2.45) is 0 Å². The van der Waals surface area contributed by atoms with E-state index in [1.54, 1.807) is 6.07 Å². The summed E-state index contributed by atoms with van der Waals surface area (Å²) in [5, 5.41) is 11.4. The zero-order valence-corrected chi connectivity index (χ0v) is 13.1. The number of carbonyl (C=O) groups excluding carboxylic acids is 1. The zero-order valence-electron chi connectivity index (χ0n) is 12.3. The number of carboxylic acids is 1. The lowest BCUT2D eigenvalue weighted by atomic mass is 9.78. The van der Waals surface area contributed by atoms with Crippen LogP contribution in [0.5, 0.6) is 0 Å². The van der Waals surface area contributed by atoms with Gasteiger partial charge in [-0.1, -0.05) is 25.0 Å². The van der Waals surface area contributed by atoms with Gasteiger partial charge in [-0.05, 0) is 30.5 Å². The van der Waals surface area contributed by atoms with Gasteiger partial charge in [0.05, 0.1) is 11.2 Å². The van der Waals surface area contributed by atoms with Crippen LogP contribution in [0.15, 0.2) is 24.3 Å². The predicted molar refractivity (Wildman–Crippen MR) is 84.5 cm³/mol. The number of rotatable bonds is 7. The molecule has 120 valence electrons. The zero-order chi connectivity index (χ0) is 16.0. The molecule has 0 heterocycles. The van der Waals surface area contributed by atoms with E-state index in [1.165, 1.54) is 23.9 Å². The van der Waals surface area contributed by atoms with Crippen LogP contribution in [0, 0.1) is 5.82 Å². The fraction of sp³-hybridized carbons (Fsp3) is 0.500. The van der Waals surface area contributed by atoms with Crippen molar-refractivity contribution in [2.45, 2.75) is 31.1 Å². The summed E-state index contributed by atoms with van der Waals surface area (Å²) in [4.78, 5) is 23.0. The molecule has 0 aliphatic heterocycles.